The average molecular weight is 279 g/mol. The fourth-order valence-corrected chi connectivity index (χ4v) is 2.65. The van der Waals surface area contributed by atoms with Crippen molar-refractivity contribution in [3.63, 3.8) is 0 Å². The van der Waals surface area contributed by atoms with E-state index in [4.69, 9.17) is 4.42 Å². The molecule has 0 radical (unpaired) electrons. The van der Waals surface area contributed by atoms with Crippen LogP contribution in [0.3, 0.4) is 0 Å². The molecule has 0 bridgehead atoms. The van der Waals surface area contributed by atoms with E-state index in [1.54, 1.807) is 0 Å². The lowest BCUT2D eigenvalue weighted by atomic mass is 10.1. The predicted octanol–water partition coefficient (Wildman–Crippen LogP) is 4.44. The van der Waals surface area contributed by atoms with E-state index in [-0.39, 0.29) is 0 Å². The number of nitrogens with one attached hydrogen (secondary N) is 1. The highest BCUT2D eigenvalue weighted by atomic mass is 16.3. The molecule has 1 aromatic heterocycles. The Hall–Kier alpha value is -2.06. The molecule has 2 aromatic carbocycles. The Labute approximate surface area is 125 Å². The molecule has 0 amide bonds. The molecule has 3 aromatic rings. The normalized spacial score (nSPS) is 11.1. The first-order chi connectivity index (χ1) is 10.3. The van der Waals surface area contributed by atoms with Crippen LogP contribution >= 0.6 is 0 Å². The second-order valence-electron chi connectivity index (χ2n) is 5.42. The Morgan fingerprint density at radius 2 is 1.81 bits per heavy atom. The number of rotatable bonds is 5. The molecule has 108 valence electrons. The maximum absolute atomic E-state index is 6.10. The summed E-state index contributed by atoms with van der Waals surface area (Å²) in [7, 11) is 0. The number of hydrogen-bond donors (Lipinski definition) is 1. The Balaban J connectivity index is 1.91. The first-order valence-electron chi connectivity index (χ1n) is 7.53. The lowest BCUT2D eigenvalue weighted by Gasteiger charge is -2.01. The van der Waals surface area contributed by atoms with Gasteiger partial charge in [-0.1, -0.05) is 49.4 Å². The predicted molar refractivity (Wildman–Crippen MR) is 87.6 cm³/mol. The maximum Gasteiger partial charge on any atom is 0.134 e. The van der Waals surface area contributed by atoms with Crippen molar-refractivity contribution in [2.75, 3.05) is 6.54 Å². The summed E-state index contributed by atoms with van der Waals surface area (Å²) in [6.45, 7) is 6.14. The van der Waals surface area contributed by atoms with Crippen molar-refractivity contribution in [1.29, 1.82) is 0 Å². The van der Waals surface area contributed by atoms with Crippen LogP contribution < -0.4 is 5.32 Å². The number of furan rings is 1. The Bertz CT molecular complexity index is 728. The van der Waals surface area contributed by atoms with Crippen LogP contribution in [-0.4, -0.2) is 6.54 Å². The van der Waals surface area contributed by atoms with Crippen molar-refractivity contribution in [3.05, 3.63) is 71.0 Å². The monoisotopic (exact) mass is 279 g/mol. The van der Waals surface area contributed by atoms with Crippen LogP contribution in [0.25, 0.3) is 11.0 Å². The molecule has 0 fully saturated rings. The summed E-state index contributed by atoms with van der Waals surface area (Å²) in [6.07, 6.45) is 0.851. The van der Waals surface area contributed by atoms with E-state index in [0.29, 0.717) is 0 Å². The molecule has 0 aliphatic carbocycles. The number of fused-ring (bicyclic) bond motifs is 1. The van der Waals surface area contributed by atoms with Crippen LogP contribution in [0.4, 0.5) is 0 Å². The quantitative estimate of drug-likeness (QED) is 0.747. The zero-order chi connectivity index (χ0) is 14.7. The van der Waals surface area contributed by atoms with E-state index in [9.17, 15) is 0 Å². The largest absolute Gasteiger partial charge is 0.460 e. The van der Waals surface area contributed by atoms with Crippen LogP contribution in [0, 0.1) is 6.92 Å². The van der Waals surface area contributed by atoms with Gasteiger partial charge in [-0.3, -0.25) is 0 Å². The van der Waals surface area contributed by atoms with Crippen LogP contribution in [0.15, 0.2) is 52.9 Å². The fraction of sp³-hybridized carbons (Fsp3) is 0.263. The number of aryl methyl sites for hydroxylation is 1. The summed E-state index contributed by atoms with van der Waals surface area (Å²) in [5.74, 6) is 1.07. The second-order valence-corrected chi connectivity index (χ2v) is 5.42. The van der Waals surface area contributed by atoms with Crippen LogP contribution in [0.2, 0.25) is 0 Å². The van der Waals surface area contributed by atoms with Gasteiger partial charge >= 0.3 is 0 Å². The summed E-state index contributed by atoms with van der Waals surface area (Å²) < 4.78 is 6.10. The summed E-state index contributed by atoms with van der Waals surface area (Å²) >= 11 is 0. The number of hydrogen-bond acceptors (Lipinski definition) is 2. The minimum Gasteiger partial charge on any atom is -0.460 e. The Morgan fingerprint density at radius 3 is 2.57 bits per heavy atom. The topological polar surface area (TPSA) is 25.2 Å². The van der Waals surface area contributed by atoms with Crippen molar-refractivity contribution >= 4 is 11.0 Å². The molecule has 0 aliphatic heterocycles. The van der Waals surface area contributed by atoms with E-state index in [1.807, 2.05) is 6.07 Å². The molecule has 3 rings (SSSR count). The lowest BCUT2D eigenvalue weighted by Crippen LogP contribution is -2.11. The lowest BCUT2D eigenvalue weighted by molar-refractivity contribution is 0.558. The van der Waals surface area contributed by atoms with E-state index in [1.165, 1.54) is 22.1 Å². The zero-order valence-electron chi connectivity index (χ0n) is 12.6. The Kier molecular flexibility index (Phi) is 4.07. The van der Waals surface area contributed by atoms with Gasteiger partial charge in [0, 0.05) is 18.4 Å². The highest BCUT2D eigenvalue weighted by Gasteiger charge is 2.11. The molecule has 2 heteroatoms. The van der Waals surface area contributed by atoms with Crippen LogP contribution in [0.1, 0.15) is 29.4 Å². The van der Waals surface area contributed by atoms with Crippen LogP contribution in [0.5, 0.6) is 0 Å². The van der Waals surface area contributed by atoms with Gasteiger partial charge in [-0.25, -0.2) is 0 Å². The van der Waals surface area contributed by atoms with E-state index in [2.05, 4.69) is 61.6 Å². The van der Waals surface area contributed by atoms with Gasteiger partial charge in [0.05, 0.1) is 0 Å². The van der Waals surface area contributed by atoms with Crippen LogP contribution in [-0.2, 0) is 13.0 Å². The van der Waals surface area contributed by atoms with Gasteiger partial charge in [-0.15, -0.1) is 0 Å². The smallest absolute Gasteiger partial charge is 0.134 e. The first-order valence-corrected chi connectivity index (χ1v) is 7.53. The molecule has 0 aliphatic rings. The standard InChI is InChI=1S/C19H21NO/c1-3-20-13-16-9-10-17-14(2)18(21-19(17)12-16)11-15-7-5-4-6-8-15/h4-10,12,20H,3,11,13H2,1-2H3. The molecular formula is C19H21NO. The average Bonchev–Trinajstić information content (AvgIpc) is 2.82. The van der Waals surface area contributed by atoms with Gasteiger partial charge in [0.25, 0.3) is 0 Å². The summed E-state index contributed by atoms with van der Waals surface area (Å²) in [4.78, 5) is 0. The SMILES string of the molecule is CCNCc1ccc2c(C)c(Cc3ccccc3)oc2c1. The first kappa shape index (κ1) is 13.9. The third kappa shape index (κ3) is 3.01. The summed E-state index contributed by atoms with van der Waals surface area (Å²) in [5.41, 5.74) is 4.80. The molecular weight excluding hydrogens is 258 g/mol. The molecule has 0 atom stereocenters. The van der Waals surface area contributed by atoms with Gasteiger partial charge in [-0.05, 0) is 36.2 Å². The van der Waals surface area contributed by atoms with Gasteiger partial charge < -0.3 is 9.73 Å². The third-order valence-corrected chi connectivity index (χ3v) is 3.89. The highest BCUT2D eigenvalue weighted by molar-refractivity contribution is 5.82. The molecule has 21 heavy (non-hydrogen) atoms. The third-order valence-electron chi connectivity index (χ3n) is 3.89. The summed E-state index contributed by atoms with van der Waals surface area (Å²) in [6, 6.07) is 17.0. The van der Waals surface area contributed by atoms with Gasteiger partial charge in [-0.2, -0.15) is 0 Å². The minimum atomic E-state index is 0.851. The van der Waals surface area contributed by atoms with Crippen molar-refractivity contribution in [1.82, 2.24) is 5.32 Å². The fourth-order valence-electron chi connectivity index (χ4n) is 2.65. The molecule has 0 saturated carbocycles. The zero-order valence-corrected chi connectivity index (χ0v) is 12.6. The van der Waals surface area contributed by atoms with E-state index < -0.39 is 0 Å². The molecule has 1 N–H and O–H groups in total. The molecule has 0 saturated heterocycles. The molecule has 0 spiro atoms. The number of benzene rings is 2. The second kappa shape index (κ2) is 6.15. The van der Waals surface area contributed by atoms with E-state index in [0.717, 1.165) is 30.9 Å². The molecule has 0 unspecified atom stereocenters. The highest BCUT2D eigenvalue weighted by Crippen LogP contribution is 2.27. The van der Waals surface area contributed by atoms with Crippen molar-refractivity contribution in [2.24, 2.45) is 0 Å². The Morgan fingerprint density at radius 1 is 1.00 bits per heavy atom. The van der Waals surface area contributed by atoms with Crippen molar-refractivity contribution in [2.45, 2.75) is 26.8 Å². The maximum atomic E-state index is 6.10. The van der Waals surface area contributed by atoms with Crippen molar-refractivity contribution < 1.29 is 4.42 Å². The van der Waals surface area contributed by atoms with Gasteiger partial charge in [0.2, 0.25) is 0 Å². The minimum absolute atomic E-state index is 0.851. The van der Waals surface area contributed by atoms with Gasteiger partial charge in [0.1, 0.15) is 11.3 Å². The van der Waals surface area contributed by atoms with E-state index >= 15 is 0 Å². The van der Waals surface area contributed by atoms with Gasteiger partial charge in [0.15, 0.2) is 0 Å². The molecule has 2 nitrogen and oxygen atoms in total. The molecule has 1 heterocycles. The summed E-state index contributed by atoms with van der Waals surface area (Å²) in [5, 5.41) is 4.57. The van der Waals surface area contributed by atoms with Crippen molar-refractivity contribution in [3.8, 4) is 0 Å².